The van der Waals surface area contributed by atoms with Gasteiger partial charge >= 0.3 is 0 Å². The Kier molecular flexibility index (Phi) is 3.76. The van der Waals surface area contributed by atoms with Crippen molar-refractivity contribution in [3.63, 3.8) is 0 Å². The molecule has 21 heavy (non-hydrogen) atoms. The number of amides is 1. The molecule has 0 fully saturated rings. The quantitative estimate of drug-likeness (QED) is 0.866. The fourth-order valence-electron chi connectivity index (χ4n) is 2.36. The molecule has 3 rings (SSSR count). The summed E-state index contributed by atoms with van der Waals surface area (Å²) >= 11 is -2.50. The third-order valence-electron chi connectivity index (χ3n) is 3.36. The van der Waals surface area contributed by atoms with E-state index in [1.54, 1.807) is 6.07 Å². The highest BCUT2D eigenvalue weighted by Gasteiger charge is 2.16. The molecule has 6 nitrogen and oxygen atoms in total. The predicted octanol–water partition coefficient (Wildman–Crippen LogP) is 1.46. The molecule has 0 aromatic carbocycles. The minimum atomic E-state index is -2.50. The molecule has 0 saturated carbocycles. The second-order valence-electron chi connectivity index (χ2n) is 4.73. The molecule has 1 atom stereocenters. The summed E-state index contributed by atoms with van der Waals surface area (Å²) in [6.45, 7) is 0. The zero-order chi connectivity index (χ0) is 14.8. The van der Waals surface area contributed by atoms with Gasteiger partial charge in [0, 0.05) is 18.1 Å². The zero-order valence-corrected chi connectivity index (χ0v) is 11.9. The summed E-state index contributed by atoms with van der Waals surface area (Å²) in [6.07, 6.45) is 5.79. The third kappa shape index (κ3) is 2.84. The maximum absolute atomic E-state index is 12.2. The molecule has 1 unspecified atom stereocenters. The first-order valence-corrected chi connectivity index (χ1v) is 7.56. The second-order valence-corrected chi connectivity index (χ2v) is 5.58. The lowest BCUT2D eigenvalue weighted by Crippen LogP contribution is -2.15. The molecule has 0 aliphatic heterocycles. The van der Waals surface area contributed by atoms with Crippen molar-refractivity contribution < 1.29 is 13.6 Å². The monoisotopic (exact) mass is 302 g/mol. The molecular weight excluding hydrogens is 290 g/mol. The minimum absolute atomic E-state index is 0.163. The molecule has 2 aromatic heterocycles. The lowest BCUT2D eigenvalue weighted by atomic mass is 10.1. The number of fused-ring (bicyclic) bond motifs is 1. The van der Waals surface area contributed by atoms with Crippen LogP contribution in [-0.2, 0) is 23.9 Å². The summed E-state index contributed by atoms with van der Waals surface area (Å²) in [5.74, 6) is -0.392. The second kappa shape index (κ2) is 5.71. The minimum Gasteiger partial charge on any atom is -0.767 e. The lowest BCUT2D eigenvalue weighted by molar-refractivity contribution is 0.102. The van der Waals surface area contributed by atoms with Crippen LogP contribution in [0.2, 0.25) is 0 Å². The summed E-state index contributed by atoms with van der Waals surface area (Å²) in [7, 11) is 0. The Morgan fingerprint density at radius 1 is 1.33 bits per heavy atom. The van der Waals surface area contributed by atoms with E-state index in [1.807, 2.05) is 6.07 Å². The smallest absolute Gasteiger partial charge is 0.257 e. The molecule has 1 amide bonds. The number of rotatable bonds is 3. The zero-order valence-electron chi connectivity index (χ0n) is 11.0. The summed E-state index contributed by atoms with van der Waals surface area (Å²) < 4.78 is 22.1. The van der Waals surface area contributed by atoms with E-state index in [4.69, 9.17) is 0 Å². The van der Waals surface area contributed by atoms with Crippen LogP contribution in [0.15, 0.2) is 35.6 Å². The van der Waals surface area contributed by atoms with Gasteiger partial charge in [-0.3, -0.25) is 14.0 Å². The maximum Gasteiger partial charge on any atom is 0.257 e. The van der Waals surface area contributed by atoms with Gasteiger partial charge < -0.3 is 9.87 Å². The number of hydrogen-bond acceptors (Lipinski definition) is 5. The first kappa shape index (κ1) is 13.8. The molecule has 2 heterocycles. The standard InChI is InChI=1S/C14H13N3O3S/c18-13(10-7-9-3-1-4-11(9)16-8-10)17-12-5-2-6-15-14(12)21(19)20/h2,5-8H,1,3-4H2,(H,17,18)(H,19,20)/p-1. The first-order chi connectivity index (χ1) is 10.1. The molecular formula is C14H12N3O3S-. The van der Waals surface area contributed by atoms with E-state index in [1.165, 1.54) is 18.5 Å². The van der Waals surface area contributed by atoms with Crippen LogP contribution in [0.1, 0.15) is 28.0 Å². The Balaban J connectivity index is 1.85. The van der Waals surface area contributed by atoms with Crippen molar-refractivity contribution in [2.45, 2.75) is 24.3 Å². The topological polar surface area (TPSA) is 95.0 Å². The van der Waals surface area contributed by atoms with E-state index in [2.05, 4.69) is 15.3 Å². The fraction of sp³-hybridized carbons (Fsp3) is 0.214. The van der Waals surface area contributed by atoms with Gasteiger partial charge in [0.05, 0.1) is 11.3 Å². The van der Waals surface area contributed by atoms with Crippen molar-refractivity contribution in [1.82, 2.24) is 9.97 Å². The van der Waals surface area contributed by atoms with E-state index < -0.39 is 17.0 Å². The van der Waals surface area contributed by atoms with E-state index >= 15 is 0 Å². The molecule has 0 radical (unpaired) electrons. The van der Waals surface area contributed by atoms with Crippen LogP contribution in [0, 0.1) is 0 Å². The Bertz CT molecular complexity index is 733. The normalized spacial score (nSPS) is 14.5. The number of aromatic nitrogens is 2. The van der Waals surface area contributed by atoms with Crippen molar-refractivity contribution in [3.05, 3.63) is 47.4 Å². The Hall–Kier alpha value is -2.12. The van der Waals surface area contributed by atoms with Crippen molar-refractivity contribution in [2.75, 3.05) is 5.32 Å². The number of nitrogens with one attached hydrogen (secondary N) is 1. The molecule has 1 N–H and O–H groups in total. The van der Waals surface area contributed by atoms with Crippen LogP contribution >= 0.6 is 0 Å². The van der Waals surface area contributed by atoms with Gasteiger partial charge in [-0.25, -0.2) is 4.98 Å². The fourth-order valence-corrected chi connectivity index (χ4v) is 2.81. The molecule has 108 valence electrons. The van der Waals surface area contributed by atoms with E-state index in [-0.39, 0.29) is 10.7 Å². The number of nitrogens with zero attached hydrogens (tertiary/aromatic N) is 2. The third-order valence-corrected chi connectivity index (χ3v) is 4.00. The van der Waals surface area contributed by atoms with Crippen LogP contribution in [0.4, 0.5) is 5.69 Å². The van der Waals surface area contributed by atoms with Gasteiger partial charge in [-0.1, -0.05) is 0 Å². The summed E-state index contributed by atoms with van der Waals surface area (Å²) in [5.41, 5.74) is 2.70. The van der Waals surface area contributed by atoms with Gasteiger partial charge in [-0.2, -0.15) is 0 Å². The van der Waals surface area contributed by atoms with Crippen molar-refractivity contribution in [2.24, 2.45) is 0 Å². The summed E-state index contributed by atoms with van der Waals surface area (Å²) in [6, 6.07) is 4.87. The molecule has 0 bridgehead atoms. The Labute approximate surface area is 123 Å². The van der Waals surface area contributed by atoms with Gasteiger partial charge in [-0.15, -0.1) is 0 Å². The number of carbonyl (C=O) groups is 1. The van der Waals surface area contributed by atoms with Crippen molar-refractivity contribution in [1.29, 1.82) is 0 Å². The van der Waals surface area contributed by atoms with Crippen molar-refractivity contribution >= 4 is 22.7 Å². The SMILES string of the molecule is O=C(Nc1cccnc1S(=O)[O-])c1cnc2c(c1)CCC2. The first-order valence-electron chi connectivity index (χ1n) is 6.48. The largest absolute Gasteiger partial charge is 0.767 e. The van der Waals surface area contributed by atoms with Gasteiger partial charge in [0.25, 0.3) is 5.91 Å². The van der Waals surface area contributed by atoms with E-state index in [0.717, 1.165) is 30.5 Å². The number of anilines is 1. The van der Waals surface area contributed by atoms with Crippen LogP contribution in [0.3, 0.4) is 0 Å². The van der Waals surface area contributed by atoms with Crippen LogP contribution in [0.25, 0.3) is 0 Å². The van der Waals surface area contributed by atoms with Gasteiger partial charge in [0.15, 0.2) is 0 Å². The Morgan fingerprint density at radius 3 is 3.00 bits per heavy atom. The average molecular weight is 302 g/mol. The van der Waals surface area contributed by atoms with Gasteiger partial charge in [0.2, 0.25) is 0 Å². The highest BCUT2D eigenvalue weighted by Crippen LogP contribution is 2.21. The van der Waals surface area contributed by atoms with Crippen LogP contribution in [0.5, 0.6) is 0 Å². The highest BCUT2D eigenvalue weighted by atomic mass is 32.2. The lowest BCUT2D eigenvalue weighted by Gasteiger charge is -2.11. The highest BCUT2D eigenvalue weighted by molar-refractivity contribution is 7.79. The van der Waals surface area contributed by atoms with Gasteiger partial charge in [-0.05, 0) is 54.1 Å². The number of pyridine rings is 2. The van der Waals surface area contributed by atoms with E-state index in [9.17, 15) is 13.6 Å². The number of hydrogen-bond donors (Lipinski definition) is 1. The van der Waals surface area contributed by atoms with Crippen LogP contribution in [-0.4, -0.2) is 24.6 Å². The molecule has 7 heteroatoms. The average Bonchev–Trinajstić information content (AvgIpc) is 2.94. The summed E-state index contributed by atoms with van der Waals surface area (Å²) in [5, 5.41) is 2.38. The number of aryl methyl sites for hydroxylation is 2. The molecule has 0 saturated heterocycles. The maximum atomic E-state index is 12.2. The molecule has 2 aromatic rings. The molecule has 0 spiro atoms. The Morgan fingerprint density at radius 2 is 2.19 bits per heavy atom. The van der Waals surface area contributed by atoms with Crippen molar-refractivity contribution in [3.8, 4) is 0 Å². The van der Waals surface area contributed by atoms with E-state index in [0.29, 0.717) is 5.56 Å². The van der Waals surface area contributed by atoms with Crippen LogP contribution < -0.4 is 5.32 Å². The summed E-state index contributed by atoms with van der Waals surface area (Å²) in [4.78, 5) is 20.2. The number of carbonyl (C=O) groups excluding carboxylic acids is 1. The molecule has 1 aliphatic rings. The predicted molar refractivity (Wildman–Crippen MR) is 75.6 cm³/mol. The van der Waals surface area contributed by atoms with Gasteiger partial charge in [0.1, 0.15) is 5.03 Å². The molecule has 1 aliphatic carbocycles.